The highest BCUT2D eigenvalue weighted by Crippen LogP contribution is 2.48. The molecular weight excluding hydrogens is 541 g/mol. The molecule has 6 heterocycles. The molecule has 0 saturated carbocycles. The molecule has 2 saturated heterocycles. The summed E-state index contributed by atoms with van der Waals surface area (Å²) in [6, 6.07) is 8.16. The lowest BCUT2D eigenvalue weighted by atomic mass is 9.84. The summed E-state index contributed by atoms with van der Waals surface area (Å²) in [5.41, 5.74) is 10.5. The first-order valence-electron chi connectivity index (χ1n) is 13.5. The fourth-order valence-corrected chi connectivity index (χ4v) is 6.45. The number of nitrogens with zero attached hydrogens (tertiary/aromatic N) is 7. The first-order valence-corrected chi connectivity index (χ1v) is 13.5. The molecule has 2 aliphatic rings. The molecule has 0 radical (unpaired) electrons. The molecule has 2 aliphatic heterocycles. The van der Waals surface area contributed by atoms with Gasteiger partial charge in [0.2, 0.25) is 5.82 Å². The Bertz CT molecular complexity index is 1850. The van der Waals surface area contributed by atoms with E-state index in [0.29, 0.717) is 40.1 Å². The van der Waals surface area contributed by atoms with Gasteiger partial charge in [-0.05, 0) is 50.5 Å². The topological polar surface area (TPSA) is 157 Å². The smallest absolute Gasteiger partial charge is 0.291 e. The molecule has 3 atom stereocenters. The van der Waals surface area contributed by atoms with Crippen LogP contribution in [-0.2, 0) is 0 Å². The Morgan fingerprint density at radius 1 is 1.12 bits per heavy atom. The molecule has 5 aromatic rings. The number of methoxy groups -OCH3 is 1. The fourth-order valence-electron chi connectivity index (χ4n) is 6.45. The lowest BCUT2D eigenvalue weighted by Crippen LogP contribution is -2.37. The van der Waals surface area contributed by atoms with Crippen molar-refractivity contribution in [1.29, 1.82) is 0 Å². The SMILES string of the molecule is COc1ccc(-c2ccc(-c3cnn4c(N)c(C(C)=O)c(C5CC6CCC5N6C(=O)c5ncn[nH]5)nc34)cn2)cc1F. The minimum atomic E-state index is -0.473. The third-order valence-electron chi connectivity index (χ3n) is 8.32. The number of ketones is 1. The summed E-state index contributed by atoms with van der Waals surface area (Å²) in [6.07, 6.45) is 6.91. The van der Waals surface area contributed by atoms with Crippen LogP contribution in [0.2, 0.25) is 0 Å². The maximum Gasteiger partial charge on any atom is 0.291 e. The van der Waals surface area contributed by atoms with E-state index < -0.39 is 5.82 Å². The number of pyridine rings is 1. The Morgan fingerprint density at radius 2 is 1.95 bits per heavy atom. The molecule has 4 aromatic heterocycles. The van der Waals surface area contributed by atoms with E-state index in [4.69, 9.17) is 15.5 Å². The zero-order chi connectivity index (χ0) is 29.1. The second-order valence-electron chi connectivity index (χ2n) is 10.6. The van der Waals surface area contributed by atoms with Gasteiger partial charge in [0.05, 0.1) is 30.3 Å². The first-order chi connectivity index (χ1) is 20.4. The molecule has 0 aliphatic carbocycles. The van der Waals surface area contributed by atoms with Gasteiger partial charge in [-0.1, -0.05) is 6.07 Å². The van der Waals surface area contributed by atoms with E-state index in [1.807, 2.05) is 11.0 Å². The molecule has 12 nitrogen and oxygen atoms in total. The summed E-state index contributed by atoms with van der Waals surface area (Å²) in [7, 11) is 1.42. The van der Waals surface area contributed by atoms with E-state index in [2.05, 4.69) is 25.3 Å². The van der Waals surface area contributed by atoms with E-state index in [1.165, 1.54) is 30.9 Å². The number of hydrogen-bond donors (Lipinski definition) is 2. The van der Waals surface area contributed by atoms with Crippen molar-refractivity contribution in [3.05, 3.63) is 72.0 Å². The van der Waals surface area contributed by atoms with Gasteiger partial charge in [0.15, 0.2) is 23.0 Å². The standard InChI is InChI=1S/C29H26FN9O3/c1-14(40)24-25(18-10-17-5-7-22(18)38(17)29(41)27-33-13-34-37-27)36-28-19(12-35-39(28)26(24)31)16-3-6-21(32-11-16)15-4-8-23(42-2)20(30)9-15/h3-4,6,8-9,11-13,17-18,22H,5,7,10,31H2,1-2H3,(H,33,34,37). The Balaban J connectivity index is 1.28. The van der Waals surface area contributed by atoms with Gasteiger partial charge >= 0.3 is 0 Å². The number of rotatable bonds is 6. The van der Waals surface area contributed by atoms with Crippen LogP contribution < -0.4 is 10.5 Å². The van der Waals surface area contributed by atoms with Crippen LogP contribution >= 0.6 is 0 Å². The van der Waals surface area contributed by atoms with Gasteiger partial charge in [-0.15, -0.1) is 0 Å². The predicted octanol–water partition coefficient (Wildman–Crippen LogP) is 3.67. The van der Waals surface area contributed by atoms with Crippen LogP contribution in [0.3, 0.4) is 0 Å². The lowest BCUT2D eigenvalue weighted by Gasteiger charge is -2.25. The number of halogens is 1. The maximum absolute atomic E-state index is 14.3. The van der Waals surface area contributed by atoms with Crippen LogP contribution in [0.1, 0.15) is 58.8 Å². The summed E-state index contributed by atoms with van der Waals surface area (Å²) in [5, 5.41) is 10.9. The van der Waals surface area contributed by atoms with Gasteiger partial charge in [0, 0.05) is 40.9 Å². The molecule has 2 bridgehead atoms. The lowest BCUT2D eigenvalue weighted by molar-refractivity contribution is 0.0714. The molecule has 1 amide bonds. The highest BCUT2D eigenvalue weighted by atomic mass is 19.1. The molecule has 42 heavy (non-hydrogen) atoms. The Hall–Kier alpha value is -5.20. The third-order valence-corrected chi connectivity index (χ3v) is 8.32. The number of hydrogen-bond acceptors (Lipinski definition) is 9. The summed E-state index contributed by atoms with van der Waals surface area (Å²) in [4.78, 5) is 41.6. The zero-order valence-corrected chi connectivity index (χ0v) is 22.8. The van der Waals surface area contributed by atoms with Crippen LogP contribution in [0, 0.1) is 5.82 Å². The molecule has 13 heteroatoms. The van der Waals surface area contributed by atoms with Crippen molar-refractivity contribution in [2.45, 2.75) is 44.2 Å². The molecule has 2 fully saturated rings. The van der Waals surface area contributed by atoms with Crippen molar-refractivity contribution < 1.29 is 18.7 Å². The van der Waals surface area contributed by atoms with Gasteiger partial charge in [0.25, 0.3) is 5.91 Å². The number of carbonyl (C=O) groups excluding carboxylic acids is 2. The highest BCUT2D eigenvalue weighted by Gasteiger charge is 2.51. The number of amides is 1. The minimum absolute atomic E-state index is 0.000533. The normalized spacial score (nSPS) is 19.5. The van der Waals surface area contributed by atoms with Crippen LogP contribution in [0.5, 0.6) is 5.75 Å². The van der Waals surface area contributed by atoms with E-state index in [9.17, 15) is 14.0 Å². The molecule has 0 spiro atoms. The average Bonchev–Trinajstić information content (AvgIpc) is 3.80. The van der Waals surface area contributed by atoms with Crippen LogP contribution in [-0.4, -0.2) is 70.5 Å². The second-order valence-corrected chi connectivity index (χ2v) is 10.6. The zero-order valence-electron chi connectivity index (χ0n) is 22.8. The molecular formula is C29H26FN9O3. The number of aromatic nitrogens is 7. The van der Waals surface area contributed by atoms with E-state index in [0.717, 1.165) is 18.4 Å². The highest BCUT2D eigenvalue weighted by molar-refractivity contribution is 6.00. The number of aromatic amines is 1. The third kappa shape index (κ3) is 3.91. The largest absolute Gasteiger partial charge is 0.494 e. The van der Waals surface area contributed by atoms with Crippen molar-refractivity contribution in [3.63, 3.8) is 0 Å². The molecule has 1 aromatic carbocycles. The van der Waals surface area contributed by atoms with Gasteiger partial charge in [-0.2, -0.15) is 14.7 Å². The monoisotopic (exact) mass is 567 g/mol. The number of Topliss-reactive ketones (excluding diaryl/α,β-unsaturated/α-hetero) is 1. The van der Waals surface area contributed by atoms with Gasteiger partial charge < -0.3 is 15.4 Å². The number of nitrogen functional groups attached to an aromatic ring is 1. The predicted molar refractivity (Wildman–Crippen MR) is 149 cm³/mol. The van der Waals surface area contributed by atoms with E-state index in [1.54, 1.807) is 30.6 Å². The number of fused-ring (bicyclic) bond motifs is 3. The Labute approximate surface area is 238 Å². The maximum atomic E-state index is 14.3. The minimum Gasteiger partial charge on any atom is -0.494 e. The van der Waals surface area contributed by atoms with Crippen molar-refractivity contribution in [2.75, 3.05) is 12.8 Å². The van der Waals surface area contributed by atoms with Crippen LogP contribution in [0.4, 0.5) is 10.2 Å². The average molecular weight is 568 g/mol. The summed E-state index contributed by atoms with van der Waals surface area (Å²) in [5.74, 6) is -0.547. The Morgan fingerprint density at radius 3 is 2.64 bits per heavy atom. The Kier molecular flexibility index (Phi) is 5.96. The number of nitrogens with one attached hydrogen (secondary N) is 1. The fraction of sp³-hybridized carbons (Fsp3) is 0.276. The number of H-pyrrole nitrogens is 1. The number of benzene rings is 1. The van der Waals surface area contributed by atoms with Crippen molar-refractivity contribution in [2.24, 2.45) is 0 Å². The van der Waals surface area contributed by atoms with Gasteiger partial charge in [-0.3, -0.25) is 19.7 Å². The van der Waals surface area contributed by atoms with Crippen molar-refractivity contribution in [1.82, 2.24) is 39.7 Å². The molecule has 3 N–H and O–H groups in total. The van der Waals surface area contributed by atoms with E-state index in [-0.39, 0.29) is 47.1 Å². The number of anilines is 1. The molecule has 212 valence electrons. The summed E-state index contributed by atoms with van der Waals surface area (Å²) in [6.45, 7) is 1.46. The van der Waals surface area contributed by atoms with Crippen LogP contribution in [0.25, 0.3) is 28.0 Å². The van der Waals surface area contributed by atoms with Crippen molar-refractivity contribution >= 4 is 23.2 Å². The number of carbonyl (C=O) groups is 2. The first kappa shape index (κ1) is 25.7. The van der Waals surface area contributed by atoms with Crippen LogP contribution in [0.15, 0.2) is 49.1 Å². The number of nitrogens with two attached hydrogens (primary N) is 1. The summed E-state index contributed by atoms with van der Waals surface area (Å²) >= 11 is 0. The molecule has 7 rings (SSSR count). The quantitative estimate of drug-likeness (QED) is 0.292. The van der Waals surface area contributed by atoms with Crippen molar-refractivity contribution in [3.8, 4) is 28.1 Å². The van der Waals surface area contributed by atoms with Gasteiger partial charge in [-0.25, -0.2) is 14.4 Å². The van der Waals surface area contributed by atoms with E-state index >= 15 is 0 Å². The second kappa shape index (κ2) is 9.72. The number of ether oxygens (including phenoxy) is 1. The molecule has 3 unspecified atom stereocenters. The van der Waals surface area contributed by atoms with Gasteiger partial charge in [0.1, 0.15) is 12.1 Å². The summed E-state index contributed by atoms with van der Waals surface area (Å²) < 4.78 is 20.7.